The Morgan fingerprint density at radius 2 is 2.00 bits per heavy atom. The van der Waals surface area contributed by atoms with Gasteiger partial charge in [0.2, 0.25) is 0 Å². The van der Waals surface area contributed by atoms with E-state index < -0.39 is 0 Å². The van der Waals surface area contributed by atoms with Gasteiger partial charge in [-0.1, -0.05) is 26.0 Å². The van der Waals surface area contributed by atoms with Crippen LogP contribution in [-0.2, 0) is 11.3 Å². The monoisotopic (exact) mass is 253 g/mol. The first-order valence-electron chi connectivity index (χ1n) is 6.28. The minimum Gasteiger partial charge on any atom is -0.490 e. The van der Waals surface area contributed by atoms with Crippen LogP contribution in [0.3, 0.4) is 0 Å². The fourth-order valence-electron chi connectivity index (χ4n) is 1.57. The molecule has 0 atom stereocenters. The Labute approximate surface area is 109 Å². The van der Waals surface area contributed by atoms with Gasteiger partial charge in [0.1, 0.15) is 0 Å². The van der Waals surface area contributed by atoms with Crippen molar-refractivity contribution in [2.75, 3.05) is 20.5 Å². The first-order chi connectivity index (χ1) is 8.69. The van der Waals surface area contributed by atoms with Gasteiger partial charge in [-0.15, -0.1) is 0 Å². The van der Waals surface area contributed by atoms with E-state index in [2.05, 4.69) is 19.2 Å². The Morgan fingerprint density at radius 1 is 1.22 bits per heavy atom. The molecule has 0 bridgehead atoms. The molecule has 0 aliphatic rings. The highest BCUT2D eigenvalue weighted by Crippen LogP contribution is 2.31. The molecule has 0 aliphatic carbocycles. The van der Waals surface area contributed by atoms with E-state index in [0.717, 1.165) is 23.6 Å². The molecule has 4 nitrogen and oxygen atoms in total. The number of hydrogen-bond acceptors (Lipinski definition) is 4. The first-order valence-corrected chi connectivity index (χ1v) is 6.28. The lowest BCUT2D eigenvalue weighted by atomic mass is 10.1. The minimum atomic E-state index is 0.221. The van der Waals surface area contributed by atoms with Crippen molar-refractivity contribution in [2.45, 2.75) is 33.4 Å². The third-order valence-electron chi connectivity index (χ3n) is 2.38. The van der Waals surface area contributed by atoms with E-state index in [9.17, 15) is 0 Å². The summed E-state index contributed by atoms with van der Waals surface area (Å²) in [5.41, 5.74) is 1.08. The van der Waals surface area contributed by atoms with Crippen LogP contribution in [0.2, 0.25) is 0 Å². The van der Waals surface area contributed by atoms with Gasteiger partial charge in [-0.25, -0.2) is 0 Å². The van der Waals surface area contributed by atoms with Crippen LogP contribution in [0.25, 0.3) is 0 Å². The predicted molar refractivity (Wildman–Crippen MR) is 72.1 cm³/mol. The van der Waals surface area contributed by atoms with E-state index in [-0.39, 0.29) is 6.79 Å². The van der Waals surface area contributed by atoms with Gasteiger partial charge in [-0.2, -0.15) is 0 Å². The molecule has 0 saturated heterocycles. The van der Waals surface area contributed by atoms with Gasteiger partial charge >= 0.3 is 0 Å². The average molecular weight is 253 g/mol. The van der Waals surface area contributed by atoms with E-state index in [4.69, 9.17) is 14.2 Å². The molecule has 1 N–H and O–H groups in total. The van der Waals surface area contributed by atoms with E-state index in [1.54, 1.807) is 7.11 Å². The summed E-state index contributed by atoms with van der Waals surface area (Å²) in [4.78, 5) is 0. The van der Waals surface area contributed by atoms with Crippen molar-refractivity contribution in [2.24, 2.45) is 0 Å². The van der Waals surface area contributed by atoms with Gasteiger partial charge < -0.3 is 19.5 Å². The summed E-state index contributed by atoms with van der Waals surface area (Å²) in [5, 5.41) is 3.37. The standard InChI is InChI=1S/C14H23NO3/c1-5-17-13-8-6-7-12(9-15-11(2)3)14(13)18-10-16-4/h6-8,11,15H,5,9-10H2,1-4H3. The van der Waals surface area contributed by atoms with Crippen molar-refractivity contribution >= 4 is 0 Å². The van der Waals surface area contributed by atoms with E-state index in [0.29, 0.717) is 12.6 Å². The van der Waals surface area contributed by atoms with Crippen molar-refractivity contribution < 1.29 is 14.2 Å². The van der Waals surface area contributed by atoms with Crippen LogP contribution in [0.1, 0.15) is 26.3 Å². The highest BCUT2D eigenvalue weighted by Gasteiger charge is 2.11. The van der Waals surface area contributed by atoms with Crippen molar-refractivity contribution in [3.05, 3.63) is 23.8 Å². The lowest BCUT2D eigenvalue weighted by Gasteiger charge is -2.16. The molecule has 0 unspecified atom stereocenters. The molecule has 102 valence electrons. The number of ether oxygens (including phenoxy) is 3. The van der Waals surface area contributed by atoms with Gasteiger partial charge in [0.25, 0.3) is 0 Å². The third-order valence-corrected chi connectivity index (χ3v) is 2.38. The number of nitrogens with one attached hydrogen (secondary N) is 1. The van der Waals surface area contributed by atoms with Crippen molar-refractivity contribution in [3.63, 3.8) is 0 Å². The number of methoxy groups -OCH3 is 1. The molecule has 0 radical (unpaired) electrons. The second kappa shape index (κ2) is 7.95. The summed E-state index contributed by atoms with van der Waals surface area (Å²) in [6.45, 7) is 7.77. The van der Waals surface area contributed by atoms with E-state index >= 15 is 0 Å². The van der Waals surface area contributed by atoms with Crippen LogP contribution in [0.4, 0.5) is 0 Å². The van der Waals surface area contributed by atoms with Crippen LogP contribution >= 0.6 is 0 Å². The Bertz CT molecular complexity index is 353. The molecule has 1 aromatic rings. The topological polar surface area (TPSA) is 39.7 Å². The fourth-order valence-corrected chi connectivity index (χ4v) is 1.57. The Hall–Kier alpha value is -1.26. The van der Waals surface area contributed by atoms with E-state index in [1.807, 2.05) is 25.1 Å². The SMILES string of the molecule is CCOc1cccc(CNC(C)C)c1OCOC. The molecular weight excluding hydrogens is 230 g/mol. The maximum absolute atomic E-state index is 5.62. The highest BCUT2D eigenvalue weighted by molar-refractivity contribution is 5.46. The number of para-hydroxylation sites is 1. The first kappa shape index (κ1) is 14.8. The summed E-state index contributed by atoms with van der Waals surface area (Å²) in [7, 11) is 1.61. The molecule has 0 aliphatic heterocycles. The molecule has 0 fully saturated rings. The normalized spacial score (nSPS) is 10.7. The molecule has 0 spiro atoms. The Balaban J connectivity index is 2.87. The van der Waals surface area contributed by atoms with Crippen molar-refractivity contribution in [3.8, 4) is 11.5 Å². The summed E-state index contributed by atoms with van der Waals surface area (Å²) in [6.07, 6.45) is 0. The third kappa shape index (κ3) is 4.55. The predicted octanol–water partition coefficient (Wildman–Crippen LogP) is 2.57. The van der Waals surface area contributed by atoms with E-state index in [1.165, 1.54) is 0 Å². The molecule has 18 heavy (non-hydrogen) atoms. The summed E-state index contributed by atoms with van der Waals surface area (Å²) >= 11 is 0. The second-order valence-electron chi connectivity index (χ2n) is 4.26. The highest BCUT2D eigenvalue weighted by atomic mass is 16.7. The summed E-state index contributed by atoms with van der Waals surface area (Å²) in [6, 6.07) is 6.34. The molecule has 1 rings (SSSR count). The van der Waals surface area contributed by atoms with Crippen LogP contribution < -0.4 is 14.8 Å². The molecule has 4 heteroatoms. The zero-order valence-electron chi connectivity index (χ0n) is 11.7. The second-order valence-corrected chi connectivity index (χ2v) is 4.26. The summed E-state index contributed by atoms with van der Waals surface area (Å²) in [5.74, 6) is 1.52. The zero-order valence-corrected chi connectivity index (χ0v) is 11.7. The fraction of sp³-hybridized carbons (Fsp3) is 0.571. The van der Waals surface area contributed by atoms with Gasteiger partial charge in [0.05, 0.1) is 6.61 Å². The van der Waals surface area contributed by atoms with Crippen molar-refractivity contribution in [1.29, 1.82) is 0 Å². The molecule has 0 aromatic heterocycles. The van der Waals surface area contributed by atoms with Crippen LogP contribution in [-0.4, -0.2) is 26.6 Å². The molecule has 0 heterocycles. The number of hydrogen-bond donors (Lipinski definition) is 1. The average Bonchev–Trinajstić information content (AvgIpc) is 2.35. The molecule has 0 saturated carbocycles. The summed E-state index contributed by atoms with van der Waals surface area (Å²) < 4.78 is 16.1. The maximum atomic E-state index is 5.62. The molecule has 1 aromatic carbocycles. The minimum absolute atomic E-state index is 0.221. The van der Waals surface area contributed by atoms with Crippen molar-refractivity contribution in [1.82, 2.24) is 5.32 Å². The van der Waals surface area contributed by atoms with Gasteiger partial charge in [-0.3, -0.25) is 0 Å². The zero-order chi connectivity index (χ0) is 13.4. The number of rotatable bonds is 8. The van der Waals surface area contributed by atoms with Crippen LogP contribution in [0.5, 0.6) is 11.5 Å². The lowest BCUT2D eigenvalue weighted by Crippen LogP contribution is -2.22. The smallest absolute Gasteiger partial charge is 0.188 e. The molecule has 0 amide bonds. The van der Waals surface area contributed by atoms with Crippen LogP contribution in [0, 0.1) is 0 Å². The Kier molecular flexibility index (Phi) is 6.54. The number of benzene rings is 1. The largest absolute Gasteiger partial charge is 0.490 e. The maximum Gasteiger partial charge on any atom is 0.188 e. The van der Waals surface area contributed by atoms with Crippen LogP contribution in [0.15, 0.2) is 18.2 Å². The lowest BCUT2D eigenvalue weighted by molar-refractivity contribution is 0.0479. The Morgan fingerprint density at radius 3 is 2.61 bits per heavy atom. The molecular formula is C14H23NO3. The quantitative estimate of drug-likeness (QED) is 0.723. The van der Waals surface area contributed by atoms with Gasteiger partial charge in [-0.05, 0) is 13.0 Å². The van der Waals surface area contributed by atoms with Gasteiger partial charge in [0, 0.05) is 25.3 Å². The van der Waals surface area contributed by atoms with Gasteiger partial charge in [0.15, 0.2) is 18.3 Å².